The Morgan fingerprint density at radius 3 is 2.85 bits per heavy atom. The van der Waals surface area contributed by atoms with Crippen molar-refractivity contribution in [2.75, 3.05) is 6.54 Å². The normalized spacial score (nSPS) is 11.1. The maximum atomic E-state index is 12.1. The molecule has 0 saturated carbocycles. The third-order valence-electron chi connectivity index (χ3n) is 3.05. The lowest BCUT2D eigenvalue weighted by Crippen LogP contribution is -2.18. The van der Waals surface area contributed by atoms with Gasteiger partial charge in [0.05, 0.1) is 11.9 Å². The largest absolute Gasteiger partial charge is 0.310 e. The number of rotatable bonds is 4. The predicted molar refractivity (Wildman–Crippen MR) is 83.1 cm³/mol. The van der Waals surface area contributed by atoms with E-state index >= 15 is 0 Å². The third kappa shape index (κ3) is 2.50. The zero-order valence-electron chi connectivity index (χ0n) is 11.1. The number of nitrogens with one attached hydrogen (secondary N) is 2. The third-order valence-corrected chi connectivity index (χ3v) is 4.13. The topological polar surface area (TPSA) is 57.8 Å². The molecule has 0 saturated heterocycles. The number of aromatic amines is 1. The van der Waals surface area contributed by atoms with Gasteiger partial charge in [0, 0.05) is 4.88 Å². The molecule has 0 aliphatic carbocycles. The highest BCUT2D eigenvalue weighted by Crippen LogP contribution is 2.30. The lowest BCUT2D eigenvalue weighted by Gasteiger charge is -2.00. The Bertz CT molecular complexity index is 777. The average Bonchev–Trinajstić information content (AvgIpc) is 2.91. The molecule has 0 aliphatic heterocycles. The van der Waals surface area contributed by atoms with Gasteiger partial charge in [-0.15, -0.1) is 11.3 Å². The van der Waals surface area contributed by atoms with Crippen LogP contribution in [-0.4, -0.2) is 16.5 Å². The molecule has 5 heteroatoms. The molecule has 1 aromatic carbocycles. The molecule has 2 N–H and O–H groups in total. The van der Waals surface area contributed by atoms with E-state index in [0.717, 1.165) is 21.8 Å². The molecule has 0 bridgehead atoms. The molecule has 2 aromatic heterocycles. The van der Waals surface area contributed by atoms with E-state index < -0.39 is 0 Å². The van der Waals surface area contributed by atoms with Gasteiger partial charge in [0.2, 0.25) is 0 Å². The molecule has 0 aliphatic rings. The van der Waals surface area contributed by atoms with Gasteiger partial charge in [-0.3, -0.25) is 4.79 Å². The van der Waals surface area contributed by atoms with E-state index in [1.54, 1.807) is 11.3 Å². The summed E-state index contributed by atoms with van der Waals surface area (Å²) in [6, 6.07) is 12.0. The molecule has 0 fully saturated rings. The van der Waals surface area contributed by atoms with Gasteiger partial charge in [-0.1, -0.05) is 37.3 Å². The fraction of sp³-hybridized carbons (Fsp3) is 0.200. The highest BCUT2D eigenvalue weighted by atomic mass is 32.1. The van der Waals surface area contributed by atoms with Gasteiger partial charge in [-0.2, -0.15) is 0 Å². The second-order valence-corrected chi connectivity index (χ2v) is 5.52. The summed E-state index contributed by atoms with van der Waals surface area (Å²) < 4.78 is 0. The number of H-pyrrole nitrogens is 1. The molecule has 3 rings (SSSR count). The Hall–Kier alpha value is -1.98. The number of thiophene rings is 1. The van der Waals surface area contributed by atoms with Crippen LogP contribution in [0.2, 0.25) is 0 Å². The van der Waals surface area contributed by atoms with Gasteiger partial charge in [0.25, 0.3) is 5.56 Å². The Balaban J connectivity index is 2.07. The van der Waals surface area contributed by atoms with E-state index in [1.165, 1.54) is 0 Å². The Labute approximate surface area is 120 Å². The first-order valence-electron chi connectivity index (χ1n) is 6.57. The molecule has 0 spiro atoms. The van der Waals surface area contributed by atoms with E-state index in [4.69, 9.17) is 0 Å². The molecular weight excluding hydrogens is 270 g/mol. The maximum Gasteiger partial charge on any atom is 0.259 e. The van der Waals surface area contributed by atoms with Crippen LogP contribution in [0.5, 0.6) is 0 Å². The number of nitrogens with zero attached hydrogens (tertiary/aromatic N) is 1. The molecule has 0 unspecified atom stereocenters. The van der Waals surface area contributed by atoms with Crippen molar-refractivity contribution in [2.45, 2.75) is 13.5 Å². The first-order chi connectivity index (χ1) is 9.78. The Morgan fingerprint density at radius 2 is 2.10 bits per heavy atom. The van der Waals surface area contributed by atoms with Crippen LogP contribution in [0.3, 0.4) is 0 Å². The molecule has 0 radical (unpaired) electrons. The van der Waals surface area contributed by atoms with Crippen molar-refractivity contribution in [3.05, 3.63) is 52.6 Å². The molecule has 2 heterocycles. The van der Waals surface area contributed by atoms with Crippen LogP contribution in [0.25, 0.3) is 20.7 Å². The molecule has 102 valence electrons. The van der Waals surface area contributed by atoms with Crippen LogP contribution in [-0.2, 0) is 6.54 Å². The summed E-state index contributed by atoms with van der Waals surface area (Å²) in [6.45, 7) is 3.46. The van der Waals surface area contributed by atoms with Crippen LogP contribution in [0.4, 0.5) is 0 Å². The Morgan fingerprint density at radius 1 is 1.30 bits per heavy atom. The van der Waals surface area contributed by atoms with E-state index in [-0.39, 0.29) is 5.56 Å². The molecule has 3 aromatic rings. The van der Waals surface area contributed by atoms with Crippen molar-refractivity contribution in [1.29, 1.82) is 0 Å². The van der Waals surface area contributed by atoms with Crippen LogP contribution < -0.4 is 10.9 Å². The van der Waals surface area contributed by atoms with Crippen molar-refractivity contribution in [2.24, 2.45) is 0 Å². The lowest BCUT2D eigenvalue weighted by atomic mass is 10.2. The van der Waals surface area contributed by atoms with Crippen molar-refractivity contribution in [3.8, 4) is 10.4 Å². The van der Waals surface area contributed by atoms with Crippen LogP contribution >= 0.6 is 11.3 Å². The zero-order valence-corrected chi connectivity index (χ0v) is 12.0. The summed E-state index contributed by atoms with van der Waals surface area (Å²) in [6.07, 6.45) is 0. The van der Waals surface area contributed by atoms with Crippen LogP contribution in [0.15, 0.2) is 41.2 Å². The van der Waals surface area contributed by atoms with Gasteiger partial charge < -0.3 is 10.3 Å². The standard InChI is InChI=1S/C15H15N3OS/c1-2-16-9-13-17-14(19)11-8-12(20-15(11)18-13)10-6-4-3-5-7-10/h3-8,16H,2,9H2,1H3,(H,17,18,19). The van der Waals surface area contributed by atoms with Crippen LogP contribution in [0.1, 0.15) is 12.7 Å². The van der Waals surface area contributed by atoms with Crippen molar-refractivity contribution >= 4 is 21.6 Å². The van der Waals surface area contributed by atoms with Gasteiger partial charge >= 0.3 is 0 Å². The average molecular weight is 285 g/mol. The molecule has 0 atom stereocenters. The second kappa shape index (κ2) is 5.56. The fourth-order valence-corrected chi connectivity index (χ4v) is 3.10. The Kier molecular flexibility index (Phi) is 3.62. The first kappa shape index (κ1) is 13.0. The van der Waals surface area contributed by atoms with E-state index in [1.807, 2.05) is 43.3 Å². The predicted octanol–water partition coefficient (Wildman–Crippen LogP) is 2.76. The number of aromatic nitrogens is 2. The van der Waals surface area contributed by atoms with E-state index in [2.05, 4.69) is 15.3 Å². The number of hydrogen-bond acceptors (Lipinski definition) is 4. The SMILES string of the molecule is CCNCc1nc2sc(-c3ccccc3)cc2c(=O)[nH]1. The quantitative estimate of drug-likeness (QED) is 0.775. The summed E-state index contributed by atoms with van der Waals surface area (Å²) >= 11 is 1.55. The number of benzene rings is 1. The van der Waals surface area contributed by atoms with Crippen molar-refractivity contribution in [3.63, 3.8) is 0 Å². The minimum atomic E-state index is -0.0682. The van der Waals surface area contributed by atoms with Gasteiger partial charge in [0.15, 0.2) is 0 Å². The second-order valence-electron chi connectivity index (χ2n) is 4.49. The fourth-order valence-electron chi connectivity index (χ4n) is 2.05. The summed E-state index contributed by atoms with van der Waals surface area (Å²) in [7, 11) is 0. The number of fused-ring (bicyclic) bond motifs is 1. The summed E-state index contributed by atoms with van der Waals surface area (Å²) in [4.78, 5) is 21.3. The van der Waals surface area contributed by atoms with Crippen molar-refractivity contribution in [1.82, 2.24) is 15.3 Å². The number of hydrogen-bond donors (Lipinski definition) is 2. The highest BCUT2D eigenvalue weighted by molar-refractivity contribution is 7.21. The summed E-state index contributed by atoms with van der Waals surface area (Å²) in [5.74, 6) is 0.686. The highest BCUT2D eigenvalue weighted by Gasteiger charge is 2.09. The van der Waals surface area contributed by atoms with Crippen molar-refractivity contribution < 1.29 is 0 Å². The minimum Gasteiger partial charge on any atom is -0.310 e. The first-order valence-corrected chi connectivity index (χ1v) is 7.38. The lowest BCUT2D eigenvalue weighted by molar-refractivity contribution is 0.692. The molecular formula is C15H15N3OS. The minimum absolute atomic E-state index is 0.0682. The summed E-state index contributed by atoms with van der Waals surface area (Å²) in [5, 5.41) is 3.83. The maximum absolute atomic E-state index is 12.1. The van der Waals surface area contributed by atoms with E-state index in [9.17, 15) is 4.79 Å². The summed E-state index contributed by atoms with van der Waals surface area (Å²) in [5.41, 5.74) is 1.05. The van der Waals surface area contributed by atoms with E-state index in [0.29, 0.717) is 17.8 Å². The van der Waals surface area contributed by atoms with Crippen LogP contribution in [0, 0.1) is 0 Å². The van der Waals surface area contributed by atoms with Gasteiger partial charge in [-0.25, -0.2) is 4.98 Å². The van der Waals surface area contributed by atoms with Gasteiger partial charge in [0.1, 0.15) is 10.7 Å². The zero-order chi connectivity index (χ0) is 13.9. The van der Waals surface area contributed by atoms with Gasteiger partial charge in [-0.05, 0) is 18.2 Å². The smallest absolute Gasteiger partial charge is 0.259 e. The molecule has 4 nitrogen and oxygen atoms in total. The molecule has 0 amide bonds. The molecule has 20 heavy (non-hydrogen) atoms. The monoisotopic (exact) mass is 285 g/mol.